The van der Waals surface area contributed by atoms with Gasteiger partial charge in [-0.15, -0.1) is 0 Å². The average molecular weight is 490 g/mol. The van der Waals surface area contributed by atoms with Crippen LogP contribution in [0.5, 0.6) is 0 Å². The number of pyridine rings is 2. The normalized spacial score (nSPS) is 13.4. The van der Waals surface area contributed by atoms with E-state index in [4.69, 9.17) is 11.6 Å². The Kier molecular flexibility index (Phi) is 5.79. The SMILES string of the molecule is N#Cc1ccc(C(=O)Nc2nc3ccc(-c4ccc(Cl)cc4)nc3s2)c(N2CCNC(=O)C2)n1. The van der Waals surface area contributed by atoms with Crippen LogP contribution in [0.15, 0.2) is 48.5 Å². The van der Waals surface area contributed by atoms with Crippen molar-refractivity contribution in [1.82, 2.24) is 20.3 Å². The Morgan fingerprint density at radius 1 is 1.12 bits per heavy atom. The van der Waals surface area contributed by atoms with Crippen molar-refractivity contribution in [3.8, 4) is 17.3 Å². The molecule has 0 spiro atoms. The lowest BCUT2D eigenvalue weighted by molar-refractivity contribution is -0.120. The fourth-order valence-corrected chi connectivity index (χ4v) is 4.52. The van der Waals surface area contributed by atoms with E-state index < -0.39 is 5.91 Å². The molecule has 0 atom stereocenters. The molecule has 2 N–H and O–H groups in total. The number of aromatic nitrogens is 3. The van der Waals surface area contributed by atoms with E-state index >= 15 is 0 Å². The second kappa shape index (κ2) is 9.05. The molecule has 0 radical (unpaired) electrons. The lowest BCUT2D eigenvalue weighted by atomic mass is 10.1. The van der Waals surface area contributed by atoms with Crippen molar-refractivity contribution in [2.45, 2.75) is 0 Å². The maximum absolute atomic E-state index is 13.1. The van der Waals surface area contributed by atoms with E-state index in [9.17, 15) is 14.9 Å². The molecule has 1 saturated heterocycles. The molecule has 4 heterocycles. The zero-order chi connectivity index (χ0) is 23.7. The van der Waals surface area contributed by atoms with Gasteiger partial charge in [-0.3, -0.25) is 14.9 Å². The van der Waals surface area contributed by atoms with Crippen LogP contribution in [0, 0.1) is 11.3 Å². The van der Waals surface area contributed by atoms with Gasteiger partial charge in [-0.05, 0) is 36.4 Å². The van der Waals surface area contributed by atoms with E-state index in [1.165, 1.54) is 23.5 Å². The average Bonchev–Trinajstić information content (AvgIpc) is 3.25. The molecule has 9 nitrogen and oxygen atoms in total. The minimum atomic E-state index is -0.435. The third-order valence-electron chi connectivity index (χ3n) is 5.19. The standard InChI is InChI=1S/C23H16ClN7O2S/c24-14-3-1-13(2-4-14)17-7-8-18-22(28-17)34-23(29-18)30-21(33)16-6-5-15(11-25)27-20(16)31-10-9-26-19(32)12-31/h1-8H,9-10,12H2,(H,26,32)(H,29,30,33). The van der Waals surface area contributed by atoms with Crippen molar-refractivity contribution in [2.24, 2.45) is 0 Å². The van der Waals surface area contributed by atoms with Crippen LogP contribution in [0.25, 0.3) is 21.6 Å². The molecule has 34 heavy (non-hydrogen) atoms. The number of halogens is 1. The molecular weight excluding hydrogens is 474 g/mol. The third kappa shape index (κ3) is 4.39. The van der Waals surface area contributed by atoms with Crippen LogP contribution in [-0.4, -0.2) is 46.4 Å². The summed E-state index contributed by atoms with van der Waals surface area (Å²) < 4.78 is 0. The number of thiazole rings is 1. The van der Waals surface area contributed by atoms with Crippen molar-refractivity contribution >= 4 is 56.0 Å². The van der Waals surface area contributed by atoms with Gasteiger partial charge in [0.1, 0.15) is 27.9 Å². The molecule has 11 heteroatoms. The number of hydrogen-bond acceptors (Lipinski definition) is 8. The summed E-state index contributed by atoms with van der Waals surface area (Å²) in [5.41, 5.74) is 2.76. The Labute approximate surface area is 203 Å². The highest BCUT2D eigenvalue weighted by Crippen LogP contribution is 2.29. The van der Waals surface area contributed by atoms with E-state index in [1.807, 2.05) is 30.3 Å². The van der Waals surface area contributed by atoms with E-state index in [-0.39, 0.29) is 29.5 Å². The molecule has 3 aromatic heterocycles. The summed E-state index contributed by atoms with van der Waals surface area (Å²) in [5.74, 6) is -0.318. The van der Waals surface area contributed by atoms with Gasteiger partial charge in [-0.1, -0.05) is 35.1 Å². The maximum atomic E-state index is 13.1. The van der Waals surface area contributed by atoms with Gasteiger partial charge < -0.3 is 10.2 Å². The van der Waals surface area contributed by atoms with Crippen LogP contribution >= 0.6 is 22.9 Å². The van der Waals surface area contributed by atoms with Crippen LogP contribution in [0.3, 0.4) is 0 Å². The molecule has 168 valence electrons. The highest BCUT2D eigenvalue weighted by Gasteiger charge is 2.24. The van der Waals surface area contributed by atoms with Gasteiger partial charge in [0, 0.05) is 23.7 Å². The highest BCUT2D eigenvalue weighted by molar-refractivity contribution is 7.22. The predicted molar refractivity (Wildman–Crippen MR) is 130 cm³/mol. The first-order valence-electron chi connectivity index (χ1n) is 10.3. The number of nitrogens with zero attached hydrogens (tertiary/aromatic N) is 5. The van der Waals surface area contributed by atoms with Gasteiger partial charge in [0.05, 0.1) is 17.8 Å². The fraction of sp³-hybridized carbons (Fsp3) is 0.130. The quantitative estimate of drug-likeness (QED) is 0.449. The summed E-state index contributed by atoms with van der Waals surface area (Å²) in [5, 5.41) is 15.8. The molecule has 1 aromatic carbocycles. The number of hydrogen-bond donors (Lipinski definition) is 2. The molecule has 1 aliphatic rings. The van der Waals surface area contributed by atoms with Crippen LogP contribution in [-0.2, 0) is 4.79 Å². The Bertz CT molecular complexity index is 1460. The number of anilines is 2. The Morgan fingerprint density at radius 2 is 1.94 bits per heavy atom. The summed E-state index contributed by atoms with van der Waals surface area (Å²) in [7, 11) is 0. The summed E-state index contributed by atoms with van der Waals surface area (Å²) in [6.45, 7) is 0.963. The van der Waals surface area contributed by atoms with Gasteiger partial charge in [0.25, 0.3) is 5.91 Å². The molecule has 5 rings (SSSR count). The minimum Gasteiger partial charge on any atom is -0.353 e. The number of carbonyl (C=O) groups excluding carboxylic acids is 2. The van der Waals surface area contributed by atoms with Gasteiger partial charge in [-0.25, -0.2) is 15.0 Å². The largest absolute Gasteiger partial charge is 0.353 e. The van der Waals surface area contributed by atoms with Crippen LogP contribution in [0.1, 0.15) is 16.1 Å². The maximum Gasteiger partial charge on any atom is 0.261 e. The second-order valence-electron chi connectivity index (χ2n) is 7.45. The molecule has 2 amide bonds. The number of nitriles is 1. The van der Waals surface area contributed by atoms with E-state index in [1.54, 1.807) is 17.0 Å². The molecular formula is C23H16ClN7O2S. The van der Waals surface area contributed by atoms with Gasteiger partial charge in [-0.2, -0.15) is 5.26 Å². The highest BCUT2D eigenvalue weighted by atomic mass is 35.5. The lowest BCUT2D eigenvalue weighted by Crippen LogP contribution is -2.48. The predicted octanol–water partition coefficient (Wildman–Crippen LogP) is 3.47. The summed E-state index contributed by atoms with van der Waals surface area (Å²) in [6, 6.07) is 16.1. The number of rotatable bonds is 4. The first-order valence-corrected chi connectivity index (χ1v) is 11.5. The van der Waals surface area contributed by atoms with Crippen LogP contribution < -0.4 is 15.5 Å². The van der Waals surface area contributed by atoms with Gasteiger partial charge >= 0.3 is 0 Å². The summed E-state index contributed by atoms with van der Waals surface area (Å²) in [4.78, 5) is 40.8. The molecule has 0 aliphatic carbocycles. The summed E-state index contributed by atoms with van der Waals surface area (Å²) in [6.07, 6.45) is 0. The van der Waals surface area contributed by atoms with E-state index in [0.29, 0.717) is 33.6 Å². The van der Waals surface area contributed by atoms with E-state index in [0.717, 1.165) is 11.3 Å². The van der Waals surface area contributed by atoms with Crippen LogP contribution in [0.4, 0.5) is 10.9 Å². The first kappa shape index (κ1) is 21.8. The number of nitrogens with one attached hydrogen (secondary N) is 2. The molecule has 1 aliphatic heterocycles. The smallest absolute Gasteiger partial charge is 0.261 e. The molecule has 0 saturated carbocycles. The first-order chi connectivity index (χ1) is 16.5. The zero-order valence-corrected chi connectivity index (χ0v) is 19.2. The number of piperazine rings is 1. The second-order valence-corrected chi connectivity index (χ2v) is 8.87. The molecule has 1 fully saturated rings. The molecule has 4 aromatic rings. The van der Waals surface area contributed by atoms with E-state index in [2.05, 4.69) is 25.6 Å². The van der Waals surface area contributed by atoms with Crippen molar-refractivity contribution in [2.75, 3.05) is 29.9 Å². The molecule has 0 bridgehead atoms. The lowest BCUT2D eigenvalue weighted by Gasteiger charge is -2.28. The molecule has 0 unspecified atom stereocenters. The number of fused-ring (bicyclic) bond motifs is 1. The van der Waals surface area contributed by atoms with Crippen molar-refractivity contribution in [1.29, 1.82) is 5.26 Å². The number of benzene rings is 1. The Balaban J connectivity index is 1.43. The van der Waals surface area contributed by atoms with Crippen LogP contribution in [0.2, 0.25) is 5.02 Å². The van der Waals surface area contributed by atoms with Crippen molar-refractivity contribution in [3.63, 3.8) is 0 Å². The van der Waals surface area contributed by atoms with Gasteiger partial charge in [0.2, 0.25) is 5.91 Å². The Morgan fingerprint density at radius 3 is 2.71 bits per heavy atom. The zero-order valence-electron chi connectivity index (χ0n) is 17.6. The monoisotopic (exact) mass is 489 g/mol. The van der Waals surface area contributed by atoms with Crippen molar-refractivity contribution in [3.05, 3.63) is 64.8 Å². The third-order valence-corrected chi connectivity index (χ3v) is 6.32. The Hall–Kier alpha value is -4.07. The minimum absolute atomic E-state index is 0.0562. The topological polar surface area (TPSA) is 124 Å². The van der Waals surface area contributed by atoms with Gasteiger partial charge in [0.15, 0.2) is 5.13 Å². The fourth-order valence-electron chi connectivity index (χ4n) is 3.56. The van der Waals surface area contributed by atoms with Crippen molar-refractivity contribution < 1.29 is 9.59 Å². The summed E-state index contributed by atoms with van der Waals surface area (Å²) >= 11 is 7.22. The number of carbonyl (C=O) groups is 2. The number of amides is 2.